The second-order valence-electron chi connectivity index (χ2n) is 9.98. The average Bonchev–Trinajstić information content (AvgIpc) is 3.08. The molecule has 0 aliphatic carbocycles. The third-order valence-corrected chi connectivity index (χ3v) is 7.36. The van der Waals surface area contributed by atoms with Crippen molar-refractivity contribution in [1.82, 2.24) is 15.0 Å². The third kappa shape index (κ3) is 4.81. The molecule has 0 radical (unpaired) electrons. The predicted molar refractivity (Wildman–Crippen MR) is 171 cm³/mol. The zero-order valence-electron chi connectivity index (χ0n) is 22.6. The maximum Gasteiger partial charge on any atom is 0.187 e. The van der Waals surface area contributed by atoms with Gasteiger partial charge in [0.15, 0.2) is 23.2 Å². The van der Waals surface area contributed by atoms with Crippen LogP contribution in [0.15, 0.2) is 146 Å². The first-order valence-electron chi connectivity index (χ1n) is 13.7. The summed E-state index contributed by atoms with van der Waals surface area (Å²) in [6.45, 7) is 7.42. The summed E-state index contributed by atoms with van der Waals surface area (Å²) in [7, 11) is 0. The highest BCUT2D eigenvalue weighted by Crippen LogP contribution is 2.37. The van der Waals surface area contributed by atoms with Gasteiger partial charge in [0.1, 0.15) is 0 Å². The molecule has 6 aromatic carbocycles. The van der Waals surface area contributed by atoms with Crippen LogP contribution in [0.4, 0.5) is 5.69 Å². The molecular weight excluding hydrogens is 512 g/mol. The van der Waals surface area contributed by atoms with E-state index in [1.807, 2.05) is 78.9 Å². The van der Waals surface area contributed by atoms with Gasteiger partial charge in [0.05, 0.1) is 6.57 Å². The first-order valence-corrected chi connectivity index (χ1v) is 13.7. The van der Waals surface area contributed by atoms with Crippen LogP contribution in [0.3, 0.4) is 0 Å². The molecule has 0 aliphatic rings. The summed E-state index contributed by atoms with van der Waals surface area (Å²) in [5.74, 6) is 1.92. The van der Waals surface area contributed by atoms with Crippen LogP contribution >= 0.6 is 0 Å². The normalized spacial score (nSPS) is 10.8. The van der Waals surface area contributed by atoms with Gasteiger partial charge < -0.3 is 0 Å². The Labute approximate surface area is 244 Å². The highest BCUT2D eigenvalue weighted by Gasteiger charge is 2.14. The Morgan fingerprint density at radius 1 is 0.381 bits per heavy atom. The van der Waals surface area contributed by atoms with E-state index in [-0.39, 0.29) is 0 Å². The van der Waals surface area contributed by atoms with Gasteiger partial charge in [0.25, 0.3) is 0 Å². The monoisotopic (exact) mass is 536 g/mol. The van der Waals surface area contributed by atoms with Gasteiger partial charge in [-0.05, 0) is 39.1 Å². The molecule has 0 unspecified atom stereocenters. The van der Waals surface area contributed by atoms with E-state index in [9.17, 15) is 0 Å². The number of fused-ring (bicyclic) bond motifs is 1. The van der Waals surface area contributed by atoms with Crippen molar-refractivity contribution in [2.24, 2.45) is 0 Å². The van der Waals surface area contributed by atoms with Crippen molar-refractivity contribution in [3.8, 4) is 56.4 Å². The van der Waals surface area contributed by atoms with Gasteiger partial charge in [0, 0.05) is 16.7 Å². The number of hydrogen-bond acceptors (Lipinski definition) is 3. The van der Waals surface area contributed by atoms with E-state index < -0.39 is 0 Å². The first kappa shape index (κ1) is 25.1. The maximum atomic E-state index is 7.42. The van der Waals surface area contributed by atoms with Crippen LogP contribution < -0.4 is 0 Å². The molecule has 0 bridgehead atoms. The Hall–Kier alpha value is -5.92. The molecule has 0 fully saturated rings. The van der Waals surface area contributed by atoms with Crippen LogP contribution in [0, 0.1) is 6.57 Å². The molecule has 196 valence electrons. The Bertz CT molecular complexity index is 2020. The van der Waals surface area contributed by atoms with E-state index in [1.165, 1.54) is 0 Å². The van der Waals surface area contributed by atoms with Gasteiger partial charge in [0.2, 0.25) is 0 Å². The van der Waals surface area contributed by atoms with Gasteiger partial charge in [-0.25, -0.2) is 19.8 Å². The fourth-order valence-electron chi connectivity index (χ4n) is 5.28. The van der Waals surface area contributed by atoms with Gasteiger partial charge in [-0.1, -0.05) is 140 Å². The van der Waals surface area contributed by atoms with Crippen molar-refractivity contribution < 1.29 is 0 Å². The summed E-state index contributed by atoms with van der Waals surface area (Å²) in [6, 6.07) is 49.0. The molecule has 1 heterocycles. The van der Waals surface area contributed by atoms with E-state index in [1.54, 1.807) is 0 Å². The molecule has 1 aromatic heterocycles. The molecule has 0 amide bonds. The average molecular weight is 537 g/mol. The Balaban J connectivity index is 1.30. The molecule has 42 heavy (non-hydrogen) atoms. The zero-order chi connectivity index (χ0) is 28.3. The van der Waals surface area contributed by atoms with Gasteiger partial charge >= 0.3 is 0 Å². The quantitative estimate of drug-likeness (QED) is 0.206. The maximum absolute atomic E-state index is 7.42. The molecule has 0 saturated carbocycles. The molecule has 0 atom stereocenters. The molecule has 7 aromatic rings. The molecule has 0 spiro atoms. The fourth-order valence-corrected chi connectivity index (χ4v) is 5.28. The number of hydrogen-bond donors (Lipinski definition) is 0. The van der Waals surface area contributed by atoms with Crippen LogP contribution in [-0.4, -0.2) is 15.0 Å². The van der Waals surface area contributed by atoms with Gasteiger partial charge in [-0.2, -0.15) is 0 Å². The molecule has 0 N–H and O–H groups in total. The molecular formula is C38H24N4. The summed E-state index contributed by atoms with van der Waals surface area (Å²) in [6.07, 6.45) is 0. The van der Waals surface area contributed by atoms with Crippen molar-refractivity contribution in [3.63, 3.8) is 0 Å². The van der Waals surface area contributed by atoms with Gasteiger partial charge in [-0.3, -0.25) is 0 Å². The molecule has 7 rings (SSSR count). The van der Waals surface area contributed by atoms with E-state index in [4.69, 9.17) is 21.5 Å². The highest BCUT2D eigenvalue weighted by atomic mass is 15.0. The van der Waals surface area contributed by atoms with Crippen LogP contribution in [0.2, 0.25) is 0 Å². The van der Waals surface area contributed by atoms with E-state index in [0.717, 1.165) is 49.7 Å². The van der Waals surface area contributed by atoms with E-state index >= 15 is 0 Å². The second-order valence-corrected chi connectivity index (χ2v) is 9.98. The standard InChI is InChI=1S/C38H24N4/c1-39-31-16-10-15-30(25-31)33-24-23-32(34-17-8-9-18-35(33)34)26-19-21-29(22-20-26)38-41-36(27-11-4-2-5-12-27)40-37(42-38)28-13-6-3-7-14-28/h2-25H. The minimum absolute atomic E-state index is 0.633. The van der Waals surface area contributed by atoms with Crippen molar-refractivity contribution in [2.75, 3.05) is 0 Å². The lowest BCUT2D eigenvalue weighted by Gasteiger charge is -2.13. The lowest BCUT2D eigenvalue weighted by molar-refractivity contribution is 1.07. The lowest BCUT2D eigenvalue weighted by Crippen LogP contribution is -2.00. The zero-order valence-corrected chi connectivity index (χ0v) is 22.6. The Kier molecular flexibility index (Phi) is 6.52. The largest absolute Gasteiger partial charge is 0.238 e. The lowest BCUT2D eigenvalue weighted by atomic mass is 9.91. The summed E-state index contributed by atoms with van der Waals surface area (Å²) < 4.78 is 0. The van der Waals surface area contributed by atoms with Crippen LogP contribution in [0.25, 0.3) is 72.0 Å². The van der Waals surface area contributed by atoms with Crippen molar-refractivity contribution >= 4 is 16.5 Å². The minimum atomic E-state index is 0.633. The number of benzene rings is 6. The second kappa shape index (κ2) is 10.9. The van der Waals surface area contributed by atoms with Gasteiger partial charge in [-0.15, -0.1) is 0 Å². The molecule has 4 heteroatoms. The predicted octanol–water partition coefficient (Wildman–Crippen LogP) is 9.91. The van der Waals surface area contributed by atoms with Crippen molar-refractivity contribution in [3.05, 3.63) is 157 Å². The summed E-state index contributed by atoms with van der Waals surface area (Å²) in [5.41, 5.74) is 7.87. The third-order valence-electron chi connectivity index (χ3n) is 7.36. The van der Waals surface area contributed by atoms with Crippen LogP contribution in [-0.2, 0) is 0 Å². The number of nitrogens with zero attached hydrogens (tertiary/aromatic N) is 4. The molecule has 0 saturated heterocycles. The van der Waals surface area contributed by atoms with E-state index in [2.05, 4.69) is 71.6 Å². The fraction of sp³-hybridized carbons (Fsp3) is 0. The SMILES string of the molecule is [C-]#[N+]c1cccc(-c2ccc(-c3ccc(-c4nc(-c5ccccc5)nc(-c5ccccc5)n4)cc3)c3ccccc23)c1. The molecule has 0 aliphatic heterocycles. The molecule has 4 nitrogen and oxygen atoms in total. The topological polar surface area (TPSA) is 43.0 Å². The Morgan fingerprint density at radius 2 is 0.810 bits per heavy atom. The van der Waals surface area contributed by atoms with Crippen molar-refractivity contribution in [1.29, 1.82) is 0 Å². The first-order chi connectivity index (χ1) is 20.8. The highest BCUT2D eigenvalue weighted by molar-refractivity contribution is 6.05. The Morgan fingerprint density at radius 3 is 1.33 bits per heavy atom. The minimum Gasteiger partial charge on any atom is -0.238 e. The van der Waals surface area contributed by atoms with Crippen LogP contribution in [0.5, 0.6) is 0 Å². The number of rotatable bonds is 5. The van der Waals surface area contributed by atoms with E-state index in [0.29, 0.717) is 23.2 Å². The van der Waals surface area contributed by atoms with Crippen molar-refractivity contribution in [2.45, 2.75) is 0 Å². The summed E-state index contributed by atoms with van der Waals surface area (Å²) in [5, 5.41) is 2.31. The smallest absolute Gasteiger partial charge is 0.187 e. The van der Waals surface area contributed by atoms with Crippen LogP contribution in [0.1, 0.15) is 0 Å². The summed E-state index contributed by atoms with van der Waals surface area (Å²) in [4.78, 5) is 18.2. The number of aromatic nitrogens is 3. The summed E-state index contributed by atoms with van der Waals surface area (Å²) >= 11 is 0.